The lowest BCUT2D eigenvalue weighted by Crippen LogP contribution is -2.51. The summed E-state index contributed by atoms with van der Waals surface area (Å²) in [5.41, 5.74) is 5.10. The summed E-state index contributed by atoms with van der Waals surface area (Å²) in [6, 6.07) is 0.274. The Kier molecular flexibility index (Phi) is 6.38. The van der Waals surface area contributed by atoms with Crippen molar-refractivity contribution in [3.8, 4) is 0 Å². The first-order valence-electron chi connectivity index (χ1n) is 6.93. The Labute approximate surface area is 120 Å². The molecule has 1 amide bonds. The van der Waals surface area contributed by atoms with Gasteiger partial charge in [-0.1, -0.05) is 0 Å². The number of amides is 1. The van der Waals surface area contributed by atoms with Gasteiger partial charge in [-0.2, -0.15) is 0 Å². The lowest BCUT2D eigenvalue weighted by molar-refractivity contribution is -0.117. The number of carbonyl (C=O) groups excluding carboxylic acids is 1. The van der Waals surface area contributed by atoms with Crippen molar-refractivity contribution in [2.45, 2.75) is 50.4 Å². The normalized spacial score (nSPS) is 20.2. The van der Waals surface area contributed by atoms with Gasteiger partial charge in [-0.3, -0.25) is 4.79 Å². The minimum Gasteiger partial charge on any atom is -0.396 e. The second-order valence-electron chi connectivity index (χ2n) is 5.47. The van der Waals surface area contributed by atoms with Crippen LogP contribution in [0.3, 0.4) is 0 Å². The van der Waals surface area contributed by atoms with Crippen LogP contribution in [0.4, 0.5) is 0 Å². The Hall–Kier alpha value is -0.700. The van der Waals surface area contributed by atoms with Crippen molar-refractivity contribution in [2.24, 2.45) is 5.73 Å². The van der Waals surface area contributed by atoms with Crippen LogP contribution in [0.25, 0.3) is 0 Å². The molecule has 0 radical (unpaired) electrons. The number of hydrogen-bond acceptors (Lipinski definition) is 5. The Balaban J connectivity index is 2.61. The summed E-state index contributed by atoms with van der Waals surface area (Å²) in [5.74, 6) is -0.925. The molecule has 0 aromatic carbocycles. The van der Waals surface area contributed by atoms with Gasteiger partial charge in [0.05, 0.1) is 0 Å². The predicted octanol–water partition coefficient (Wildman–Crippen LogP) is -0.985. The molecule has 7 nitrogen and oxygen atoms in total. The lowest BCUT2D eigenvalue weighted by Gasteiger charge is -2.35. The summed E-state index contributed by atoms with van der Waals surface area (Å²) in [4.78, 5) is 13.5. The number of nitrogens with zero attached hydrogens (tertiary/aromatic N) is 1. The van der Waals surface area contributed by atoms with Crippen molar-refractivity contribution in [1.29, 1.82) is 0 Å². The maximum atomic E-state index is 12.1. The first-order chi connectivity index (χ1) is 9.27. The second kappa shape index (κ2) is 7.35. The van der Waals surface area contributed by atoms with Gasteiger partial charge in [0.25, 0.3) is 0 Å². The van der Waals surface area contributed by atoms with Crippen LogP contribution in [-0.4, -0.2) is 61.4 Å². The second-order valence-corrected chi connectivity index (χ2v) is 7.36. The van der Waals surface area contributed by atoms with Crippen molar-refractivity contribution in [1.82, 2.24) is 9.62 Å². The third kappa shape index (κ3) is 4.69. The van der Waals surface area contributed by atoms with Gasteiger partial charge in [0.1, 0.15) is 0 Å². The van der Waals surface area contributed by atoms with Crippen molar-refractivity contribution in [3.63, 3.8) is 0 Å². The van der Waals surface area contributed by atoms with Crippen molar-refractivity contribution in [3.05, 3.63) is 0 Å². The molecule has 1 heterocycles. The fourth-order valence-corrected chi connectivity index (χ4v) is 4.00. The van der Waals surface area contributed by atoms with E-state index < -0.39 is 21.2 Å². The largest absolute Gasteiger partial charge is 0.396 e. The van der Waals surface area contributed by atoms with Crippen LogP contribution in [0.15, 0.2) is 0 Å². The van der Waals surface area contributed by atoms with Crippen LogP contribution >= 0.6 is 0 Å². The van der Waals surface area contributed by atoms with E-state index in [-0.39, 0.29) is 19.1 Å². The molecule has 4 N–H and O–H groups in total. The highest BCUT2D eigenvalue weighted by Gasteiger charge is 2.33. The molecule has 0 aromatic rings. The van der Waals surface area contributed by atoms with Gasteiger partial charge in [-0.05, 0) is 46.2 Å². The van der Waals surface area contributed by atoms with E-state index in [4.69, 9.17) is 10.8 Å². The summed E-state index contributed by atoms with van der Waals surface area (Å²) in [6.45, 7) is 5.47. The Morgan fingerprint density at radius 3 is 2.35 bits per heavy atom. The average Bonchev–Trinajstić information content (AvgIpc) is 2.35. The molecule has 1 aliphatic heterocycles. The number of aliphatic hydroxyl groups excluding tert-OH is 1. The van der Waals surface area contributed by atoms with Crippen LogP contribution in [0, 0.1) is 0 Å². The molecule has 1 saturated heterocycles. The van der Waals surface area contributed by atoms with Crippen molar-refractivity contribution < 1.29 is 18.3 Å². The van der Waals surface area contributed by atoms with Crippen LogP contribution in [-0.2, 0) is 14.8 Å². The molecule has 1 atom stereocenters. The zero-order valence-corrected chi connectivity index (χ0v) is 12.9. The number of hydrogen-bond donors (Lipinski definition) is 3. The van der Waals surface area contributed by atoms with E-state index in [1.807, 2.05) is 0 Å². The fraction of sp³-hybridized carbons (Fsp3) is 0.917. The number of likely N-dealkylation sites (tertiary alicyclic amines) is 1. The van der Waals surface area contributed by atoms with E-state index in [1.54, 1.807) is 0 Å². The van der Waals surface area contributed by atoms with Crippen LogP contribution in [0.5, 0.6) is 0 Å². The molecule has 1 aliphatic rings. The fourth-order valence-electron chi connectivity index (χ4n) is 2.42. The first kappa shape index (κ1) is 17.4. The first-order valence-corrected chi connectivity index (χ1v) is 8.48. The molecule has 0 aromatic heterocycles. The number of aliphatic hydroxyl groups is 1. The monoisotopic (exact) mass is 307 g/mol. The van der Waals surface area contributed by atoms with Gasteiger partial charge in [-0.25, -0.2) is 13.1 Å². The zero-order valence-electron chi connectivity index (χ0n) is 12.1. The summed E-state index contributed by atoms with van der Waals surface area (Å²) >= 11 is 0. The summed E-state index contributed by atoms with van der Waals surface area (Å²) in [7, 11) is -3.82. The highest BCUT2D eigenvalue weighted by Crippen LogP contribution is 2.15. The van der Waals surface area contributed by atoms with E-state index >= 15 is 0 Å². The Morgan fingerprint density at radius 1 is 1.40 bits per heavy atom. The van der Waals surface area contributed by atoms with Crippen molar-refractivity contribution >= 4 is 15.9 Å². The number of rotatable bonds is 7. The summed E-state index contributed by atoms with van der Waals surface area (Å²) in [6.07, 6.45) is 1.25. The number of nitrogens with one attached hydrogen (secondary N) is 1. The lowest BCUT2D eigenvalue weighted by atomic mass is 10.1. The minimum absolute atomic E-state index is 0.171. The quantitative estimate of drug-likeness (QED) is 0.559. The van der Waals surface area contributed by atoms with E-state index in [9.17, 15) is 13.2 Å². The average molecular weight is 307 g/mol. The summed E-state index contributed by atoms with van der Waals surface area (Å²) in [5, 5.41) is 7.48. The zero-order chi connectivity index (χ0) is 15.3. The van der Waals surface area contributed by atoms with Crippen LogP contribution in [0.2, 0.25) is 0 Å². The molecule has 0 saturated carbocycles. The summed E-state index contributed by atoms with van der Waals surface area (Å²) < 4.78 is 26.8. The Bertz CT molecular complexity index is 416. The topological polar surface area (TPSA) is 113 Å². The van der Waals surface area contributed by atoms with E-state index in [1.165, 1.54) is 0 Å². The van der Waals surface area contributed by atoms with Crippen molar-refractivity contribution in [2.75, 3.05) is 19.7 Å². The molecular weight excluding hydrogens is 282 g/mol. The number of primary amides is 1. The minimum atomic E-state index is -3.82. The maximum absolute atomic E-state index is 12.1. The van der Waals surface area contributed by atoms with E-state index in [0.717, 1.165) is 13.1 Å². The molecule has 1 fully saturated rings. The molecular formula is C12H25N3O4S. The SMILES string of the molecule is CC(C)N1CCC(NS(=O)(=O)C(CCO)C(N)=O)CC1. The van der Waals surface area contributed by atoms with Gasteiger partial charge in [0.15, 0.2) is 5.25 Å². The number of sulfonamides is 1. The standard InChI is InChI=1S/C12H25N3O4S/c1-9(2)15-6-3-10(4-7-15)14-20(18,19)11(5-8-16)12(13)17/h9-11,14,16H,3-8H2,1-2H3,(H2,13,17). The highest BCUT2D eigenvalue weighted by atomic mass is 32.2. The van der Waals surface area contributed by atoms with Gasteiger partial charge in [0, 0.05) is 18.7 Å². The number of carbonyl (C=O) groups is 1. The van der Waals surface area contributed by atoms with Crippen LogP contribution < -0.4 is 10.5 Å². The highest BCUT2D eigenvalue weighted by molar-refractivity contribution is 7.90. The molecule has 1 rings (SSSR count). The van der Waals surface area contributed by atoms with E-state index in [2.05, 4.69) is 23.5 Å². The molecule has 118 valence electrons. The molecule has 0 aliphatic carbocycles. The molecule has 1 unspecified atom stereocenters. The third-order valence-electron chi connectivity index (χ3n) is 3.67. The van der Waals surface area contributed by atoms with Gasteiger partial charge in [-0.15, -0.1) is 0 Å². The number of piperidine rings is 1. The maximum Gasteiger partial charge on any atom is 0.237 e. The molecule has 0 spiro atoms. The van der Waals surface area contributed by atoms with Gasteiger partial charge < -0.3 is 15.7 Å². The molecule has 8 heteroatoms. The molecule has 0 bridgehead atoms. The predicted molar refractivity (Wildman–Crippen MR) is 76.5 cm³/mol. The van der Waals surface area contributed by atoms with Gasteiger partial charge >= 0.3 is 0 Å². The Morgan fingerprint density at radius 2 is 1.95 bits per heavy atom. The smallest absolute Gasteiger partial charge is 0.237 e. The van der Waals surface area contributed by atoms with Crippen LogP contribution in [0.1, 0.15) is 33.1 Å². The van der Waals surface area contributed by atoms with E-state index in [0.29, 0.717) is 18.9 Å². The van der Waals surface area contributed by atoms with Gasteiger partial charge in [0.2, 0.25) is 15.9 Å². The molecule has 20 heavy (non-hydrogen) atoms. The third-order valence-corrected chi connectivity index (χ3v) is 5.55. The number of nitrogens with two attached hydrogens (primary N) is 1.